The minimum Gasteiger partial charge on any atom is -0.355 e. The van der Waals surface area contributed by atoms with Crippen molar-refractivity contribution in [2.24, 2.45) is 5.92 Å². The van der Waals surface area contributed by atoms with Gasteiger partial charge in [0.05, 0.1) is 5.92 Å². The molecule has 7 nitrogen and oxygen atoms in total. The van der Waals surface area contributed by atoms with Gasteiger partial charge >= 0.3 is 6.03 Å². The highest BCUT2D eigenvalue weighted by Crippen LogP contribution is 2.20. The molecule has 2 fully saturated rings. The highest BCUT2D eigenvalue weighted by Gasteiger charge is 2.31. The first-order valence-corrected chi connectivity index (χ1v) is 11.1. The van der Waals surface area contributed by atoms with Crippen LogP contribution in [0.4, 0.5) is 4.79 Å². The fraction of sp³-hybridized carbons (Fsp3) is 0.522. The van der Waals surface area contributed by atoms with E-state index in [4.69, 9.17) is 0 Å². The van der Waals surface area contributed by atoms with Crippen molar-refractivity contribution in [2.75, 3.05) is 32.7 Å². The van der Waals surface area contributed by atoms with Crippen molar-refractivity contribution in [3.63, 3.8) is 0 Å². The number of rotatable bonds is 6. The molecule has 3 heterocycles. The standard InChI is InChI=1S/C23H31N5O2/c29-22(20-9-6-15-28(18-20)23(30)26-13-4-5-14-26)25-11-10-21-24-12-16-27(21)17-19-7-2-1-3-8-19/h1-3,7-8,12,16,20H,4-6,9-11,13-15,17-18H2,(H,25,29)/t20-/m1/s1. The van der Waals surface area contributed by atoms with E-state index < -0.39 is 0 Å². The number of nitrogens with one attached hydrogen (secondary N) is 1. The summed E-state index contributed by atoms with van der Waals surface area (Å²) in [5.74, 6) is 0.901. The Morgan fingerprint density at radius 3 is 2.60 bits per heavy atom. The summed E-state index contributed by atoms with van der Waals surface area (Å²) in [6.45, 7) is 4.32. The lowest BCUT2D eigenvalue weighted by molar-refractivity contribution is -0.126. The third-order valence-electron chi connectivity index (χ3n) is 6.08. The molecule has 7 heteroatoms. The largest absolute Gasteiger partial charge is 0.355 e. The van der Waals surface area contributed by atoms with Crippen LogP contribution in [0.2, 0.25) is 0 Å². The molecule has 2 aliphatic heterocycles. The number of amides is 3. The second-order valence-corrected chi connectivity index (χ2v) is 8.26. The Morgan fingerprint density at radius 1 is 1.03 bits per heavy atom. The first-order valence-electron chi connectivity index (χ1n) is 11.1. The quantitative estimate of drug-likeness (QED) is 0.797. The third kappa shape index (κ3) is 5.01. The normalized spacial score (nSPS) is 19.1. The van der Waals surface area contributed by atoms with Gasteiger partial charge in [-0.15, -0.1) is 0 Å². The van der Waals surface area contributed by atoms with Gasteiger partial charge < -0.3 is 19.7 Å². The number of hydrogen-bond acceptors (Lipinski definition) is 3. The molecule has 0 bridgehead atoms. The summed E-state index contributed by atoms with van der Waals surface area (Å²) >= 11 is 0. The summed E-state index contributed by atoms with van der Waals surface area (Å²) in [5, 5.41) is 3.07. The molecular weight excluding hydrogens is 378 g/mol. The zero-order chi connectivity index (χ0) is 20.8. The molecule has 2 saturated heterocycles. The predicted octanol–water partition coefficient (Wildman–Crippen LogP) is 2.52. The van der Waals surface area contributed by atoms with E-state index in [1.54, 1.807) is 0 Å². The van der Waals surface area contributed by atoms with Crippen LogP contribution in [0.5, 0.6) is 0 Å². The summed E-state index contributed by atoms with van der Waals surface area (Å²) in [5.41, 5.74) is 1.23. The summed E-state index contributed by atoms with van der Waals surface area (Å²) in [6, 6.07) is 10.4. The number of carbonyl (C=O) groups is 2. The van der Waals surface area contributed by atoms with Crippen molar-refractivity contribution in [3.05, 3.63) is 54.1 Å². The molecule has 1 N–H and O–H groups in total. The lowest BCUT2D eigenvalue weighted by atomic mass is 9.97. The molecular formula is C23H31N5O2. The smallest absolute Gasteiger partial charge is 0.320 e. The average Bonchev–Trinajstić information content (AvgIpc) is 3.47. The maximum absolute atomic E-state index is 12.7. The molecule has 30 heavy (non-hydrogen) atoms. The van der Waals surface area contributed by atoms with Gasteiger partial charge in [0, 0.05) is 58.1 Å². The first kappa shape index (κ1) is 20.4. The minimum atomic E-state index is -0.116. The van der Waals surface area contributed by atoms with E-state index in [-0.39, 0.29) is 17.9 Å². The number of hydrogen-bond donors (Lipinski definition) is 1. The highest BCUT2D eigenvalue weighted by molar-refractivity contribution is 5.81. The van der Waals surface area contributed by atoms with Crippen molar-refractivity contribution in [1.82, 2.24) is 24.7 Å². The molecule has 1 atom stereocenters. The molecule has 3 amide bonds. The van der Waals surface area contributed by atoms with Crippen LogP contribution in [-0.2, 0) is 17.8 Å². The average molecular weight is 410 g/mol. The van der Waals surface area contributed by atoms with Crippen LogP contribution in [0.15, 0.2) is 42.7 Å². The molecule has 0 spiro atoms. The number of urea groups is 1. The van der Waals surface area contributed by atoms with Crippen LogP contribution in [0.1, 0.15) is 37.1 Å². The Bertz CT molecular complexity index is 844. The maximum atomic E-state index is 12.7. The summed E-state index contributed by atoms with van der Waals surface area (Å²) < 4.78 is 2.12. The van der Waals surface area contributed by atoms with E-state index in [9.17, 15) is 9.59 Å². The van der Waals surface area contributed by atoms with Crippen LogP contribution >= 0.6 is 0 Å². The lowest BCUT2D eigenvalue weighted by Gasteiger charge is -2.34. The first-order chi connectivity index (χ1) is 14.7. The lowest BCUT2D eigenvalue weighted by Crippen LogP contribution is -2.49. The minimum absolute atomic E-state index is 0.0510. The molecule has 2 aromatic rings. The van der Waals surface area contributed by atoms with Crippen molar-refractivity contribution in [3.8, 4) is 0 Å². The van der Waals surface area contributed by atoms with E-state index in [0.717, 1.165) is 57.7 Å². The molecule has 1 aromatic carbocycles. The summed E-state index contributed by atoms with van der Waals surface area (Å²) in [6.07, 6.45) is 8.38. The Morgan fingerprint density at radius 2 is 1.80 bits per heavy atom. The highest BCUT2D eigenvalue weighted by atomic mass is 16.2. The number of imidazole rings is 1. The van der Waals surface area contributed by atoms with Crippen molar-refractivity contribution in [1.29, 1.82) is 0 Å². The van der Waals surface area contributed by atoms with Crippen molar-refractivity contribution >= 4 is 11.9 Å². The summed E-state index contributed by atoms with van der Waals surface area (Å²) in [7, 11) is 0. The maximum Gasteiger partial charge on any atom is 0.320 e. The molecule has 0 radical (unpaired) electrons. The van der Waals surface area contributed by atoms with Gasteiger partial charge in [0.1, 0.15) is 5.82 Å². The molecule has 0 aliphatic carbocycles. The SMILES string of the molecule is O=C(NCCc1nccn1Cc1ccccc1)[C@@H]1CCCN(C(=O)N2CCCC2)C1. The van der Waals surface area contributed by atoms with E-state index in [1.807, 2.05) is 40.4 Å². The van der Waals surface area contributed by atoms with E-state index in [1.165, 1.54) is 5.56 Å². The fourth-order valence-corrected chi connectivity index (χ4v) is 4.41. The third-order valence-corrected chi connectivity index (χ3v) is 6.08. The number of nitrogens with zero attached hydrogens (tertiary/aromatic N) is 4. The topological polar surface area (TPSA) is 70.5 Å². The van der Waals surface area contributed by atoms with Crippen molar-refractivity contribution in [2.45, 2.75) is 38.6 Å². The number of likely N-dealkylation sites (tertiary alicyclic amines) is 2. The second kappa shape index (κ2) is 9.78. The van der Waals surface area contributed by atoms with E-state index >= 15 is 0 Å². The number of benzene rings is 1. The fourth-order valence-electron chi connectivity index (χ4n) is 4.41. The van der Waals surface area contributed by atoms with E-state index in [0.29, 0.717) is 19.5 Å². The number of carbonyl (C=O) groups excluding carboxylic acids is 2. The van der Waals surface area contributed by atoms with Gasteiger partial charge in [0.2, 0.25) is 5.91 Å². The van der Waals surface area contributed by atoms with Gasteiger partial charge in [-0.1, -0.05) is 30.3 Å². The van der Waals surface area contributed by atoms with Crippen LogP contribution in [-0.4, -0.2) is 64.0 Å². The molecule has 0 unspecified atom stereocenters. The van der Waals surface area contributed by atoms with Gasteiger partial charge in [-0.2, -0.15) is 0 Å². The van der Waals surface area contributed by atoms with Crippen LogP contribution in [0.3, 0.4) is 0 Å². The van der Waals surface area contributed by atoms with Gasteiger partial charge in [-0.3, -0.25) is 4.79 Å². The Hall–Kier alpha value is -2.83. The molecule has 160 valence electrons. The number of piperidine rings is 1. The van der Waals surface area contributed by atoms with Gasteiger partial charge in [-0.05, 0) is 31.2 Å². The van der Waals surface area contributed by atoms with Crippen LogP contribution in [0.25, 0.3) is 0 Å². The molecule has 4 rings (SSSR count). The summed E-state index contributed by atoms with van der Waals surface area (Å²) in [4.78, 5) is 33.6. The molecule has 2 aliphatic rings. The molecule has 0 saturated carbocycles. The monoisotopic (exact) mass is 409 g/mol. The predicted molar refractivity (Wildman–Crippen MR) is 115 cm³/mol. The van der Waals surface area contributed by atoms with E-state index in [2.05, 4.69) is 27.0 Å². The zero-order valence-corrected chi connectivity index (χ0v) is 17.5. The zero-order valence-electron chi connectivity index (χ0n) is 17.5. The van der Waals surface area contributed by atoms with Gasteiger partial charge in [0.25, 0.3) is 0 Å². The van der Waals surface area contributed by atoms with Gasteiger partial charge in [0.15, 0.2) is 0 Å². The van der Waals surface area contributed by atoms with Crippen molar-refractivity contribution < 1.29 is 9.59 Å². The Labute approximate surface area is 178 Å². The van der Waals surface area contributed by atoms with Crippen LogP contribution in [0, 0.1) is 5.92 Å². The van der Waals surface area contributed by atoms with Crippen LogP contribution < -0.4 is 5.32 Å². The number of aromatic nitrogens is 2. The Kier molecular flexibility index (Phi) is 6.67. The second-order valence-electron chi connectivity index (χ2n) is 8.26. The van der Waals surface area contributed by atoms with Gasteiger partial charge in [-0.25, -0.2) is 9.78 Å². The molecule has 1 aromatic heterocycles. The Balaban J connectivity index is 1.25.